The molecule has 0 saturated carbocycles. The van der Waals surface area contributed by atoms with E-state index in [1.165, 1.54) is 0 Å². The lowest BCUT2D eigenvalue weighted by Gasteiger charge is -2.22. The van der Waals surface area contributed by atoms with Crippen LogP contribution in [0.25, 0.3) is 0 Å². The van der Waals surface area contributed by atoms with Crippen molar-refractivity contribution in [3.63, 3.8) is 0 Å². The summed E-state index contributed by atoms with van der Waals surface area (Å²) in [4.78, 5) is 14.2. The molecule has 3 nitrogen and oxygen atoms in total. The van der Waals surface area contributed by atoms with Crippen LogP contribution in [-0.2, 0) is 0 Å². The zero-order valence-corrected chi connectivity index (χ0v) is 11.8. The lowest BCUT2D eigenvalue weighted by molar-refractivity contribution is 0.0979. The standard InChI is InChI=1S/C15H23NO2/c1-5-8-14(17)13-10-9-12(11-15(13)18-4)16(6-2)7-3/h9-11H,5-8H2,1-4H3. The number of ether oxygens (including phenoxy) is 1. The van der Waals surface area contributed by atoms with E-state index in [4.69, 9.17) is 4.74 Å². The Morgan fingerprint density at radius 2 is 1.89 bits per heavy atom. The molecule has 0 aliphatic carbocycles. The second-order valence-electron chi connectivity index (χ2n) is 4.23. The van der Waals surface area contributed by atoms with Gasteiger partial charge < -0.3 is 9.64 Å². The monoisotopic (exact) mass is 249 g/mol. The number of carbonyl (C=O) groups excluding carboxylic acids is 1. The van der Waals surface area contributed by atoms with Crippen LogP contribution in [0.1, 0.15) is 44.0 Å². The highest BCUT2D eigenvalue weighted by Gasteiger charge is 2.13. The number of hydrogen-bond donors (Lipinski definition) is 0. The van der Waals surface area contributed by atoms with E-state index in [1.807, 2.05) is 25.1 Å². The van der Waals surface area contributed by atoms with Gasteiger partial charge in [-0.15, -0.1) is 0 Å². The first-order chi connectivity index (χ1) is 8.67. The van der Waals surface area contributed by atoms with Crippen molar-refractivity contribution in [2.75, 3.05) is 25.1 Å². The second kappa shape index (κ2) is 7.04. The van der Waals surface area contributed by atoms with Gasteiger partial charge in [-0.2, -0.15) is 0 Å². The van der Waals surface area contributed by atoms with E-state index in [1.54, 1.807) is 7.11 Å². The summed E-state index contributed by atoms with van der Waals surface area (Å²) in [5.41, 5.74) is 1.79. The largest absolute Gasteiger partial charge is 0.496 e. The van der Waals surface area contributed by atoms with Gasteiger partial charge in [0.15, 0.2) is 5.78 Å². The molecule has 3 heteroatoms. The molecular formula is C15H23NO2. The molecule has 0 saturated heterocycles. The Morgan fingerprint density at radius 3 is 2.39 bits per heavy atom. The van der Waals surface area contributed by atoms with E-state index < -0.39 is 0 Å². The molecule has 0 radical (unpaired) electrons. The van der Waals surface area contributed by atoms with Gasteiger partial charge in [0, 0.05) is 31.3 Å². The minimum absolute atomic E-state index is 0.153. The molecule has 0 bridgehead atoms. The molecule has 0 N–H and O–H groups in total. The lowest BCUT2D eigenvalue weighted by atomic mass is 10.0. The number of carbonyl (C=O) groups is 1. The molecule has 0 spiro atoms. The first-order valence-electron chi connectivity index (χ1n) is 6.64. The van der Waals surface area contributed by atoms with Crippen LogP contribution in [0.3, 0.4) is 0 Å². The fraction of sp³-hybridized carbons (Fsp3) is 0.533. The van der Waals surface area contributed by atoms with Crippen molar-refractivity contribution >= 4 is 11.5 Å². The van der Waals surface area contributed by atoms with Crippen LogP contribution in [0.5, 0.6) is 5.75 Å². The van der Waals surface area contributed by atoms with Crippen LogP contribution in [0.15, 0.2) is 18.2 Å². The van der Waals surface area contributed by atoms with Gasteiger partial charge in [0.1, 0.15) is 5.75 Å². The minimum atomic E-state index is 0.153. The first kappa shape index (κ1) is 14.6. The van der Waals surface area contributed by atoms with Gasteiger partial charge >= 0.3 is 0 Å². The highest BCUT2D eigenvalue weighted by atomic mass is 16.5. The van der Waals surface area contributed by atoms with Crippen molar-refractivity contribution in [2.24, 2.45) is 0 Å². The first-order valence-corrected chi connectivity index (χ1v) is 6.64. The second-order valence-corrected chi connectivity index (χ2v) is 4.23. The lowest BCUT2D eigenvalue weighted by Crippen LogP contribution is -2.21. The number of benzene rings is 1. The minimum Gasteiger partial charge on any atom is -0.496 e. The third-order valence-electron chi connectivity index (χ3n) is 3.09. The molecule has 0 fully saturated rings. The molecular weight excluding hydrogens is 226 g/mol. The van der Waals surface area contributed by atoms with Crippen LogP contribution in [-0.4, -0.2) is 26.0 Å². The summed E-state index contributed by atoms with van der Waals surface area (Å²) in [6, 6.07) is 5.83. The Balaban J connectivity index is 3.06. The number of ketones is 1. The smallest absolute Gasteiger partial charge is 0.166 e. The number of rotatable bonds is 7. The van der Waals surface area contributed by atoms with Gasteiger partial charge in [0.2, 0.25) is 0 Å². The van der Waals surface area contributed by atoms with Gasteiger partial charge in [-0.25, -0.2) is 0 Å². The predicted molar refractivity (Wildman–Crippen MR) is 75.8 cm³/mol. The Morgan fingerprint density at radius 1 is 1.22 bits per heavy atom. The van der Waals surface area contributed by atoms with Crippen LogP contribution in [0.2, 0.25) is 0 Å². The summed E-state index contributed by atoms with van der Waals surface area (Å²) in [6.45, 7) is 8.14. The molecule has 0 aliphatic heterocycles. The van der Waals surface area contributed by atoms with E-state index in [2.05, 4.69) is 18.7 Å². The molecule has 1 aromatic rings. The van der Waals surface area contributed by atoms with Crippen molar-refractivity contribution in [2.45, 2.75) is 33.6 Å². The number of hydrogen-bond acceptors (Lipinski definition) is 3. The molecule has 0 aromatic heterocycles. The molecule has 1 rings (SSSR count). The summed E-state index contributed by atoms with van der Waals surface area (Å²) in [5, 5.41) is 0. The normalized spacial score (nSPS) is 10.2. The van der Waals surface area contributed by atoms with Crippen LogP contribution in [0.4, 0.5) is 5.69 Å². The predicted octanol–water partition coefficient (Wildman–Crippen LogP) is 3.52. The average molecular weight is 249 g/mol. The van der Waals surface area contributed by atoms with Crippen molar-refractivity contribution in [1.82, 2.24) is 0 Å². The maximum absolute atomic E-state index is 12.0. The zero-order chi connectivity index (χ0) is 13.5. The maximum Gasteiger partial charge on any atom is 0.166 e. The van der Waals surface area contributed by atoms with Gasteiger partial charge in [0.05, 0.1) is 12.7 Å². The van der Waals surface area contributed by atoms with Gasteiger partial charge in [-0.3, -0.25) is 4.79 Å². The SMILES string of the molecule is CCCC(=O)c1ccc(N(CC)CC)cc1OC. The topological polar surface area (TPSA) is 29.5 Å². The van der Waals surface area contributed by atoms with Crippen molar-refractivity contribution < 1.29 is 9.53 Å². The molecule has 100 valence electrons. The molecule has 1 aromatic carbocycles. The number of methoxy groups -OCH3 is 1. The van der Waals surface area contributed by atoms with Crippen molar-refractivity contribution in [1.29, 1.82) is 0 Å². The Hall–Kier alpha value is -1.51. The van der Waals surface area contributed by atoms with E-state index in [9.17, 15) is 4.79 Å². The molecule has 18 heavy (non-hydrogen) atoms. The fourth-order valence-electron chi connectivity index (χ4n) is 2.06. The van der Waals surface area contributed by atoms with E-state index in [0.29, 0.717) is 17.7 Å². The van der Waals surface area contributed by atoms with E-state index in [0.717, 1.165) is 25.2 Å². The Bertz CT molecular complexity index is 397. The zero-order valence-electron chi connectivity index (χ0n) is 11.8. The van der Waals surface area contributed by atoms with Crippen LogP contribution >= 0.6 is 0 Å². The number of nitrogens with zero attached hydrogens (tertiary/aromatic N) is 1. The van der Waals surface area contributed by atoms with E-state index in [-0.39, 0.29) is 5.78 Å². The molecule has 0 aliphatic rings. The summed E-state index contributed by atoms with van der Waals surface area (Å²) in [6.07, 6.45) is 1.43. The van der Waals surface area contributed by atoms with E-state index >= 15 is 0 Å². The molecule has 0 heterocycles. The van der Waals surface area contributed by atoms with Gasteiger partial charge in [-0.05, 0) is 32.4 Å². The third-order valence-corrected chi connectivity index (χ3v) is 3.09. The average Bonchev–Trinajstić information content (AvgIpc) is 2.40. The summed E-state index contributed by atoms with van der Waals surface area (Å²) in [5.74, 6) is 0.832. The van der Waals surface area contributed by atoms with Crippen molar-refractivity contribution in [3.8, 4) is 5.75 Å². The Kier molecular flexibility index (Phi) is 5.69. The number of anilines is 1. The van der Waals surface area contributed by atoms with Gasteiger partial charge in [-0.1, -0.05) is 6.92 Å². The highest BCUT2D eigenvalue weighted by molar-refractivity contribution is 5.99. The fourth-order valence-corrected chi connectivity index (χ4v) is 2.06. The summed E-state index contributed by atoms with van der Waals surface area (Å²) >= 11 is 0. The third kappa shape index (κ3) is 3.25. The molecule has 0 amide bonds. The highest BCUT2D eigenvalue weighted by Crippen LogP contribution is 2.26. The summed E-state index contributed by atoms with van der Waals surface area (Å²) < 4.78 is 5.35. The quantitative estimate of drug-likeness (QED) is 0.692. The molecule has 0 unspecified atom stereocenters. The number of Topliss-reactive ketones (excluding diaryl/α,β-unsaturated/α-hetero) is 1. The van der Waals surface area contributed by atoms with Gasteiger partial charge in [0.25, 0.3) is 0 Å². The molecule has 0 atom stereocenters. The van der Waals surface area contributed by atoms with Crippen molar-refractivity contribution in [3.05, 3.63) is 23.8 Å². The Labute approximate surface area is 110 Å². The van der Waals surface area contributed by atoms with Crippen LogP contribution < -0.4 is 9.64 Å². The maximum atomic E-state index is 12.0. The summed E-state index contributed by atoms with van der Waals surface area (Å²) in [7, 11) is 1.62. The van der Waals surface area contributed by atoms with Crippen LogP contribution in [0, 0.1) is 0 Å².